The van der Waals surface area contributed by atoms with Gasteiger partial charge in [-0.2, -0.15) is 0 Å². The normalized spacial score (nSPS) is 25.3. The molecule has 0 aromatic rings. The van der Waals surface area contributed by atoms with Crippen LogP contribution in [-0.2, 0) is 9.53 Å². The number of rotatable bonds is 5. The molecule has 0 radical (unpaired) electrons. The molecular weight excluding hydrogens is 216 g/mol. The highest BCUT2D eigenvalue weighted by Gasteiger charge is 2.29. The topological polar surface area (TPSA) is 50.4 Å². The van der Waals surface area contributed by atoms with Crippen LogP contribution in [0.3, 0.4) is 0 Å². The molecule has 1 rings (SSSR count). The molecule has 1 amide bonds. The Balaban J connectivity index is 2.31. The standard InChI is InChI=1S/C13H26N2O2/c1-5-14-10(2)8-12(16)15-11-6-7-17-13(3,4)9-11/h10-11,14H,5-9H2,1-4H3,(H,15,16). The predicted molar refractivity (Wildman–Crippen MR) is 69.0 cm³/mol. The third kappa shape index (κ3) is 5.50. The molecule has 1 aliphatic heterocycles. The predicted octanol–water partition coefficient (Wildman–Crippen LogP) is 1.45. The van der Waals surface area contributed by atoms with Gasteiger partial charge in [-0.25, -0.2) is 0 Å². The van der Waals surface area contributed by atoms with Gasteiger partial charge in [-0.15, -0.1) is 0 Å². The summed E-state index contributed by atoms with van der Waals surface area (Å²) in [5.41, 5.74) is -0.108. The van der Waals surface area contributed by atoms with Crippen LogP contribution in [0.5, 0.6) is 0 Å². The van der Waals surface area contributed by atoms with Crippen LogP contribution in [0, 0.1) is 0 Å². The fourth-order valence-corrected chi connectivity index (χ4v) is 2.34. The Morgan fingerprint density at radius 3 is 2.82 bits per heavy atom. The van der Waals surface area contributed by atoms with Gasteiger partial charge in [0.25, 0.3) is 0 Å². The van der Waals surface area contributed by atoms with E-state index in [1.165, 1.54) is 0 Å². The van der Waals surface area contributed by atoms with Crippen molar-refractivity contribution in [2.24, 2.45) is 0 Å². The summed E-state index contributed by atoms with van der Waals surface area (Å²) >= 11 is 0. The Labute approximate surface area is 104 Å². The van der Waals surface area contributed by atoms with Crippen LogP contribution in [0.2, 0.25) is 0 Å². The van der Waals surface area contributed by atoms with Crippen molar-refractivity contribution < 1.29 is 9.53 Å². The minimum Gasteiger partial charge on any atom is -0.375 e. The lowest BCUT2D eigenvalue weighted by Gasteiger charge is -2.36. The van der Waals surface area contributed by atoms with Gasteiger partial charge in [0, 0.05) is 25.1 Å². The first-order chi connectivity index (χ1) is 7.93. The lowest BCUT2D eigenvalue weighted by Crippen LogP contribution is -2.46. The van der Waals surface area contributed by atoms with Gasteiger partial charge in [0.2, 0.25) is 5.91 Å². The van der Waals surface area contributed by atoms with E-state index < -0.39 is 0 Å². The van der Waals surface area contributed by atoms with E-state index >= 15 is 0 Å². The molecule has 100 valence electrons. The van der Waals surface area contributed by atoms with Crippen molar-refractivity contribution in [2.75, 3.05) is 13.2 Å². The summed E-state index contributed by atoms with van der Waals surface area (Å²) in [7, 11) is 0. The Morgan fingerprint density at radius 1 is 1.53 bits per heavy atom. The molecule has 1 saturated heterocycles. The molecule has 4 nitrogen and oxygen atoms in total. The maximum atomic E-state index is 11.8. The summed E-state index contributed by atoms with van der Waals surface area (Å²) in [6.45, 7) is 9.88. The molecule has 0 spiro atoms. The van der Waals surface area contributed by atoms with Crippen LogP contribution >= 0.6 is 0 Å². The molecule has 0 aromatic heterocycles. The summed E-state index contributed by atoms with van der Waals surface area (Å²) in [6, 6.07) is 0.507. The molecule has 0 aromatic carbocycles. The maximum absolute atomic E-state index is 11.8. The van der Waals surface area contributed by atoms with Crippen LogP contribution in [-0.4, -0.2) is 36.7 Å². The highest BCUT2D eigenvalue weighted by molar-refractivity contribution is 5.76. The average molecular weight is 242 g/mol. The first-order valence-electron chi connectivity index (χ1n) is 6.59. The number of ether oxygens (including phenoxy) is 1. The molecular formula is C13H26N2O2. The molecule has 0 aliphatic carbocycles. The summed E-state index contributed by atoms with van der Waals surface area (Å²) in [5, 5.41) is 6.35. The second-order valence-corrected chi connectivity index (χ2v) is 5.53. The minimum absolute atomic E-state index is 0.108. The summed E-state index contributed by atoms with van der Waals surface area (Å²) in [6.07, 6.45) is 2.37. The van der Waals surface area contributed by atoms with E-state index in [1.54, 1.807) is 0 Å². The fourth-order valence-electron chi connectivity index (χ4n) is 2.34. The molecule has 2 unspecified atom stereocenters. The van der Waals surface area contributed by atoms with Gasteiger partial charge in [0.05, 0.1) is 5.60 Å². The van der Waals surface area contributed by atoms with Crippen molar-refractivity contribution in [3.05, 3.63) is 0 Å². The van der Waals surface area contributed by atoms with Crippen LogP contribution in [0.4, 0.5) is 0 Å². The third-order valence-electron chi connectivity index (χ3n) is 3.11. The van der Waals surface area contributed by atoms with E-state index in [-0.39, 0.29) is 23.6 Å². The summed E-state index contributed by atoms with van der Waals surface area (Å²) in [5.74, 6) is 0.140. The summed E-state index contributed by atoms with van der Waals surface area (Å²) < 4.78 is 5.63. The second kappa shape index (κ2) is 6.36. The van der Waals surface area contributed by atoms with Crippen LogP contribution < -0.4 is 10.6 Å². The first-order valence-corrected chi connectivity index (χ1v) is 6.59. The zero-order valence-corrected chi connectivity index (χ0v) is 11.5. The molecule has 4 heteroatoms. The first kappa shape index (κ1) is 14.5. The number of amides is 1. The molecule has 0 saturated carbocycles. The second-order valence-electron chi connectivity index (χ2n) is 5.53. The van der Waals surface area contributed by atoms with Crippen molar-refractivity contribution >= 4 is 5.91 Å². The highest BCUT2D eigenvalue weighted by atomic mass is 16.5. The Kier molecular flexibility index (Phi) is 5.40. The highest BCUT2D eigenvalue weighted by Crippen LogP contribution is 2.23. The van der Waals surface area contributed by atoms with Crippen molar-refractivity contribution in [2.45, 2.75) is 64.6 Å². The van der Waals surface area contributed by atoms with E-state index in [2.05, 4.69) is 31.4 Å². The smallest absolute Gasteiger partial charge is 0.221 e. The Morgan fingerprint density at radius 2 is 2.24 bits per heavy atom. The van der Waals surface area contributed by atoms with Gasteiger partial charge in [0.1, 0.15) is 0 Å². The van der Waals surface area contributed by atoms with Crippen LogP contribution in [0.25, 0.3) is 0 Å². The minimum atomic E-state index is -0.108. The molecule has 2 atom stereocenters. The van der Waals surface area contributed by atoms with E-state index in [1.807, 2.05) is 6.92 Å². The molecule has 0 bridgehead atoms. The molecule has 1 heterocycles. The number of nitrogens with one attached hydrogen (secondary N) is 2. The monoisotopic (exact) mass is 242 g/mol. The zero-order valence-electron chi connectivity index (χ0n) is 11.5. The quantitative estimate of drug-likeness (QED) is 0.767. The van der Waals surface area contributed by atoms with Crippen molar-refractivity contribution in [3.63, 3.8) is 0 Å². The molecule has 1 aliphatic rings. The van der Waals surface area contributed by atoms with E-state index in [4.69, 9.17) is 4.74 Å². The fraction of sp³-hybridized carbons (Fsp3) is 0.923. The van der Waals surface area contributed by atoms with Gasteiger partial charge >= 0.3 is 0 Å². The lowest BCUT2D eigenvalue weighted by atomic mass is 9.94. The Hall–Kier alpha value is -0.610. The van der Waals surface area contributed by atoms with E-state index in [0.29, 0.717) is 6.42 Å². The third-order valence-corrected chi connectivity index (χ3v) is 3.11. The number of hydrogen-bond donors (Lipinski definition) is 2. The van der Waals surface area contributed by atoms with E-state index in [9.17, 15) is 4.79 Å². The van der Waals surface area contributed by atoms with Crippen LogP contribution in [0.15, 0.2) is 0 Å². The van der Waals surface area contributed by atoms with Gasteiger partial charge in [-0.05, 0) is 40.2 Å². The number of carbonyl (C=O) groups excluding carboxylic acids is 1. The zero-order chi connectivity index (χ0) is 12.9. The van der Waals surface area contributed by atoms with Gasteiger partial charge < -0.3 is 15.4 Å². The molecule has 17 heavy (non-hydrogen) atoms. The van der Waals surface area contributed by atoms with Crippen molar-refractivity contribution in [1.29, 1.82) is 0 Å². The van der Waals surface area contributed by atoms with Crippen molar-refractivity contribution in [3.8, 4) is 0 Å². The number of carbonyl (C=O) groups is 1. The molecule has 2 N–H and O–H groups in total. The largest absolute Gasteiger partial charge is 0.375 e. The van der Waals surface area contributed by atoms with Gasteiger partial charge in [-0.3, -0.25) is 4.79 Å². The van der Waals surface area contributed by atoms with E-state index in [0.717, 1.165) is 26.0 Å². The van der Waals surface area contributed by atoms with Gasteiger partial charge in [0.15, 0.2) is 0 Å². The molecule has 1 fully saturated rings. The Bertz CT molecular complexity index is 254. The van der Waals surface area contributed by atoms with Crippen LogP contribution in [0.1, 0.15) is 47.0 Å². The SMILES string of the molecule is CCNC(C)CC(=O)NC1CCOC(C)(C)C1. The summed E-state index contributed by atoms with van der Waals surface area (Å²) in [4.78, 5) is 11.8. The lowest BCUT2D eigenvalue weighted by molar-refractivity contribution is -0.124. The average Bonchev–Trinajstić information content (AvgIpc) is 2.15. The van der Waals surface area contributed by atoms with Gasteiger partial charge in [-0.1, -0.05) is 6.92 Å². The number of hydrogen-bond acceptors (Lipinski definition) is 3. The van der Waals surface area contributed by atoms with Crippen molar-refractivity contribution in [1.82, 2.24) is 10.6 Å². The maximum Gasteiger partial charge on any atom is 0.221 e.